The van der Waals surface area contributed by atoms with Crippen LogP contribution in [-0.4, -0.2) is 0 Å². The first-order valence-corrected chi connectivity index (χ1v) is 16.2. The summed E-state index contributed by atoms with van der Waals surface area (Å²) in [5, 5.41) is 2.30. The molecule has 0 spiro atoms. The van der Waals surface area contributed by atoms with Crippen molar-refractivity contribution in [2.75, 3.05) is 4.90 Å². The second kappa shape index (κ2) is 11.9. The minimum absolute atomic E-state index is 0.0993. The first-order chi connectivity index (χ1) is 25.9. The third-order valence-corrected chi connectivity index (χ3v) is 9.45. The Kier molecular flexibility index (Phi) is 5.74. The van der Waals surface area contributed by atoms with E-state index in [1.165, 1.54) is 27.8 Å². The van der Waals surface area contributed by atoms with Gasteiger partial charge in [0.25, 0.3) is 0 Å². The fourth-order valence-electron chi connectivity index (χ4n) is 7.25. The maximum atomic E-state index is 8.90. The van der Waals surface area contributed by atoms with Crippen molar-refractivity contribution in [3.63, 3.8) is 0 Å². The molecule has 0 saturated carbocycles. The lowest BCUT2D eigenvalue weighted by Gasteiger charge is -2.26. The number of para-hydroxylation sites is 1. The number of fused-ring (bicyclic) bond motifs is 4. The number of rotatable bonds is 6. The lowest BCUT2D eigenvalue weighted by molar-refractivity contribution is 1.02. The van der Waals surface area contributed by atoms with Crippen molar-refractivity contribution in [2.45, 2.75) is 5.92 Å². The summed E-state index contributed by atoms with van der Waals surface area (Å²) < 4.78 is 43.0. The Bertz CT molecular complexity index is 2600. The summed E-state index contributed by atoms with van der Waals surface area (Å²) in [6.45, 7) is 0. The topological polar surface area (TPSA) is 3.24 Å². The van der Waals surface area contributed by atoms with Crippen LogP contribution in [0.4, 0.5) is 17.1 Å². The van der Waals surface area contributed by atoms with Crippen LogP contribution in [0, 0.1) is 0 Å². The molecule has 0 fully saturated rings. The molecule has 0 bridgehead atoms. The Labute approximate surface area is 289 Å². The number of benzene rings is 8. The van der Waals surface area contributed by atoms with Gasteiger partial charge in [0.1, 0.15) is 0 Å². The van der Waals surface area contributed by atoms with Crippen molar-refractivity contribution in [3.8, 4) is 33.4 Å². The smallest absolute Gasteiger partial charge is 0.0645 e. The van der Waals surface area contributed by atoms with Gasteiger partial charge in [0, 0.05) is 23.0 Å². The Morgan fingerprint density at radius 2 is 0.979 bits per heavy atom. The van der Waals surface area contributed by atoms with E-state index < -0.39 is 6.04 Å². The van der Waals surface area contributed by atoms with Crippen LogP contribution in [-0.2, 0) is 0 Å². The summed E-state index contributed by atoms with van der Waals surface area (Å²) in [7, 11) is 0. The van der Waals surface area contributed by atoms with E-state index in [9.17, 15) is 0 Å². The molecule has 1 heteroatoms. The van der Waals surface area contributed by atoms with Crippen LogP contribution in [0.5, 0.6) is 0 Å². The number of hydrogen-bond acceptors (Lipinski definition) is 1. The SMILES string of the molecule is [2H]c1c([2H])c([2H])c(N(c2ccc(-c3cccc(C4c5ccccc5-c5ccccc54)c3)cc2)c2ccc(-c3cccc4ccccc34)cc2)c([2H])c1[2H]. The minimum Gasteiger partial charge on any atom is -0.311 e. The summed E-state index contributed by atoms with van der Waals surface area (Å²) in [5.41, 5.74) is 12.1. The zero-order valence-corrected chi connectivity index (χ0v) is 26.1. The highest BCUT2D eigenvalue weighted by molar-refractivity contribution is 5.97. The molecule has 1 aliphatic rings. The zero-order valence-electron chi connectivity index (χ0n) is 31.1. The van der Waals surface area contributed by atoms with E-state index in [0.717, 1.165) is 33.0 Å². The van der Waals surface area contributed by atoms with E-state index in [4.69, 9.17) is 6.85 Å². The molecule has 1 nitrogen and oxygen atoms in total. The van der Waals surface area contributed by atoms with Gasteiger partial charge in [0.2, 0.25) is 0 Å². The van der Waals surface area contributed by atoms with Gasteiger partial charge in [-0.05, 0) is 97.2 Å². The molecule has 0 aliphatic heterocycles. The molecule has 1 aliphatic carbocycles. The predicted octanol–water partition coefficient (Wildman–Crippen LogP) is 12.8. The summed E-state index contributed by atoms with van der Waals surface area (Å²) in [4.78, 5) is 1.76. The molecular formula is C47H33N. The van der Waals surface area contributed by atoms with Gasteiger partial charge in [0.15, 0.2) is 0 Å². The van der Waals surface area contributed by atoms with E-state index in [1.54, 1.807) is 4.90 Å². The molecule has 48 heavy (non-hydrogen) atoms. The van der Waals surface area contributed by atoms with E-state index in [0.29, 0.717) is 11.4 Å². The minimum atomic E-state index is -0.419. The lowest BCUT2D eigenvalue weighted by Crippen LogP contribution is -2.09. The van der Waals surface area contributed by atoms with Crippen molar-refractivity contribution in [1.29, 1.82) is 0 Å². The van der Waals surface area contributed by atoms with E-state index in [-0.39, 0.29) is 35.8 Å². The van der Waals surface area contributed by atoms with Crippen LogP contribution < -0.4 is 4.90 Å². The van der Waals surface area contributed by atoms with Gasteiger partial charge in [-0.25, -0.2) is 0 Å². The molecule has 0 aromatic heterocycles. The highest BCUT2D eigenvalue weighted by Gasteiger charge is 2.29. The maximum absolute atomic E-state index is 8.90. The molecule has 8 aromatic carbocycles. The molecule has 0 unspecified atom stereocenters. The average Bonchev–Trinajstić information content (AvgIpc) is 3.55. The fraction of sp³-hybridized carbons (Fsp3) is 0.0213. The largest absolute Gasteiger partial charge is 0.311 e. The van der Waals surface area contributed by atoms with Crippen LogP contribution in [0.1, 0.15) is 29.5 Å². The van der Waals surface area contributed by atoms with Crippen molar-refractivity contribution in [1.82, 2.24) is 0 Å². The molecule has 0 radical (unpaired) electrons. The number of nitrogens with zero attached hydrogens (tertiary/aromatic N) is 1. The van der Waals surface area contributed by atoms with Gasteiger partial charge in [-0.1, -0.05) is 158 Å². The van der Waals surface area contributed by atoms with Crippen LogP contribution in [0.15, 0.2) is 194 Å². The van der Waals surface area contributed by atoms with Crippen molar-refractivity contribution >= 4 is 27.8 Å². The second-order valence-corrected chi connectivity index (χ2v) is 12.2. The van der Waals surface area contributed by atoms with Gasteiger partial charge in [0.05, 0.1) is 6.85 Å². The van der Waals surface area contributed by atoms with E-state index in [1.807, 2.05) is 66.7 Å². The van der Waals surface area contributed by atoms with Gasteiger partial charge in [-0.3, -0.25) is 0 Å². The Hall–Kier alpha value is -6.18. The van der Waals surface area contributed by atoms with Gasteiger partial charge in [-0.2, -0.15) is 0 Å². The predicted molar refractivity (Wildman–Crippen MR) is 202 cm³/mol. The lowest BCUT2D eigenvalue weighted by atomic mass is 9.88. The number of hydrogen-bond donors (Lipinski definition) is 0. The van der Waals surface area contributed by atoms with Crippen LogP contribution in [0.25, 0.3) is 44.2 Å². The standard InChI is InChI=1S/C47H33N/c1-2-16-38(17-3-1)48(40-30-26-35(27-31-40)42-23-11-13-34-12-4-5-18-41(34)42)39-28-24-33(25-29-39)36-14-10-15-37(32-36)47-45-21-8-6-19-43(45)44-20-7-9-22-46(44)47/h1-32,47H/i1D,2D,3D,16D,17D. The Morgan fingerprint density at radius 1 is 0.417 bits per heavy atom. The molecule has 226 valence electrons. The van der Waals surface area contributed by atoms with Crippen LogP contribution in [0.2, 0.25) is 0 Å². The summed E-state index contributed by atoms with van der Waals surface area (Å²) in [5.74, 6) is 0.137. The second-order valence-electron chi connectivity index (χ2n) is 12.2. The normalized spacial score (nSPS) is 13.5. The van der Waals surface area contributed by atoms with Crippen molar-refractivity contribution < 1.29 is 6.85 Å². The monoisotopic (exact) mass is 616 g/mol. The maximum Gasteiger partial charge on any atom is 0.0645 e. The van der Waals surface area contributed by atoms with Gasteiger partial charge < -0.3 is 4.90 Å². The molecule has 0 atom stereocenters. The van der Waals surface area contributed by atoms with Gasteiger partial charge in [-0.15, -0.1) is 0 Å². The zero-order chi connectivity index (χ0) is 36.2. The van der Waals surface area contributed by atoms with Crippen LogP contribution in [0.3, 0.4) is 0 Å². The molecule has 0 heterocycles. The molecule has 8 aromatic rings. The third kappa shape index (κ3) is 4.89. The molecule has 9 rings (SSSR count). The first kappa shape index (κ1) is 23.2. The Morgan fingerprint density at radius 3 is 1.69 bits per heavy atom. The van der Waals surface area contributed by atoms with Crippen LogP contribution >= 0.6 is 0 Å². The summed E-state index contributed by atoms with van der Waals surface area (Å²) in [6.07, 6.45) is 0. The van der Waals surface area contributed by atoms with E-state index in [2.05, 4.69) is 97.1 Å². The summed E-state index contributed by atoms with van der Waals surface area (Å²) >= 11 is 0. The number of anilines is 3. The highest BCUT2D eigenvalue weighted by atomic mass is 15.1. The fourth-order valence-corrected chi connectivity index (χ4v) is 7.25. The van der Waals surface area contributed by atoms with E-state index >= 15 is 0 Å². The highest BCUT2D eigenvalue weighted by Crippen LogP contribution is 2.48. The third-order valence-electron chi connectivity index (χ3n) is 9.45. The average molecular weight is 617 g/mol. The molecule has 0 saturated heterocycles. The molecule has 0 N–H and O–H groups in total. The van der Waals surface area contributed by atoms with Crippen molar-refractivity contribution in [3.05, 3.63) is 211 Å². The van der Waals surface area contributed by atoms with Gasteiger partial charge >= 0.3 is 0 Å². The quantitative estimate of drug-likeness (QED) is 0.180. The van der Waals surface area contributed by atoms with Crippen molar-refractivity contribution in [2.24, 2.45) is 0 Å². The summed E-state index contributed by atoms with van der Waals surface area (Å²) in [6, 6.07) is 54.7. The molecular weight excluding hydrogens is 579 g/mol. The first-order valence-electron chi connectivity index (χ1n) is 18.7. The Balaban J connectivity index is 1.12. The molecule has 0 amide bonds.